The number of nitrogens with zero attached hydrogens (tertiary/aromatic N) is 2. The van der Waals surface area contributed by atoms with Gasteiger partial charge in [0.05, 0.1) is 15.9 Å². The number of carbonyl (C=O) groups is 1. The maximum absolute atomic E-state index is 11.8. The Morgan fingerprint density at radius 1 is 1.67 bits per heavy atom. The number of rotatable bonds is 3. The molecule has 1 N–H and O–H groups in total. The zero-order chi connectivity index (χ0) is 11.0. The molecular formula is C10H14BrN3O. The number of aryl methyl sites for hydroxylation is 2. The molecule has 1 saturated heterocycles. The standard InChI is InChI=1S/C10H14BrN3O/c1-6-10(11)8(14(2)13-6)3-9(15)7-4-12-5-7/h7,12H,3-5H2,1-2H3. The van der Waals surface area contributed by atoms with Crippen LogP contribution in [0, 0.1) is 12.8 Å². The van der Waals surface area contributed by atoms with E-state index in [2.05, 4.69) is 26.3 Å². The van der Waals surface area contributed by atoms with Gasteiger partial charge in [0.1, 0.15) is 5.78 Å². The number of aromatic nitrogens is 2. The molecule has 15 heavy (non-hydrogen) atoms. The monoisotopic (exact) mass is 271 g/mol. The van der Waals surface area contributed by atoms with E-state index in [1.807, 2.05) is 14.0 Å². The van der Waals surface area contributed by atoms with Crippen molar-refractivity contribution in [3.63, 3.8) is 0 Å². The lowest BCUT2D eigenvalue weighted by Crippen LogP contribution is -2.47. The van der Waals surface area contributed by atoms with Crippen LogP contribution in [-0.2, 0) is 18.3 Å². The molecule has 2 rings (SSSR count). The van der Waals surface area contributed by atoms with Crippen molar-refractivity contribution in [3.05, 3.63) is 15.9 Å². The maximum Gasteiger partial charge on any atom is 0.144 e. The van der Waals surface area contributed by atoms with E-state index in [4.69, 9.17) is 0 Å². The van der Waals surface area contributed by atoms with E-state index in [9.17, 15) is 4.79 Å². The van der Waals surface area contributed by atoms with Crippen LogP contribution in [0.2, 0.25) is 0 Å². The highest BCUT2D eigenvalue weighted by molar-refractivity contribution is 9.10. The molecule has 0 radical (unpaired) electrons. The molecule has 0 aliphatic carbocycles. The van der Waals surface area contributed by atoms with Gasteiger partial charge in [-0.3, -0.25) is 9.48 Å². The first-order chi connectivity index (χ1) is 7.09. The molecule has 4 nitrogen and oxygen atoms in total. The SMILES string of the molecule is Cc1nn(C)c(CC(=O)C2CNC2)c1Br. The average Bonchev–Trinajstić information content (AvgIpc) is 2.29. The highest BCUT2D eigenvalue weighted by atomic mass is 79.9. The van der Waals surface area contributed by atoms with Crippen LogP contribution < -0.4 is 5.32 Å². The van der Waals surface area contributed by atoms with Crippen LogP contribution in [0.1, 0.15) is 11.4 Å². The molecule has 1 aliphatic rings. The molecule has 1 fully saturated rings. The minimum absolute atomic E-state index is 0.201. The largest absolute Gasteiger partial charge is 0.315 e. The molecule has 0 amide bonds. The van der Waals surface area contributed by atoms with E-state index in [0.29, 0.717) is 12.2 Å². The Morgan fingerprint density at radius 2 is 2.33 bits per heavy atom. The van der Waals surface area contributed by atoms with E-state index in [-0.39, 0.29) is 5.92 Å². The van der Waals surface area contributed by atoms with Gasteiger partial charge in [-0.15, -0.1) is 0 Å². The summed E-state index contributed by atoms with van der Waals surface area (Å²) in [7, 11) is 1.87. The van der Waals surface area contributed by atoms with Crippen LogP contribution in [-0.4, -0.2) is 28.7 Å². The van der Waals surface area contributed by atoms with Gasteiger partial charge < -0.3 is 5.32 Å². The highest BCUT2D eigenvalue weighted by Gasteiger charge is 2.26. The first kappa shape index (κ1) is 10.8. The fraction of sp³-hybridized carbons (Fsp3) is 0.600. The van der Waals surface area contributed by atoms with Gasteiger partial charge in [-0.2, -0.15) is 5.10 Å². The van der Waals surface area contributed by atoms with Gasteiger partial charge in [0.2, 0.25) is 0 Å². The van der Waals surface area contributed by atoms with Gasteiger partial charge in [0.25, 0.3) is 0 Å². The minimum atomic E-state index is 0.201. The molecule has 2 heterocycles. The van der Waals surface area contributed by atoms with Crippen molar-refractivity contribution in [2.24, 2.45) is 13.0 Å². The molecule has 0 atom stereocenters. The average molecular weight is 272 g/mol. The molecule has 0 unspecified atom stereocenters. The lowest BCUT2D eigenvalue weighted by Gasteiger charge is -2.25. The van der Waals surface area contributed by atoms with E-state index in [1.54, 1.807) is 4.68 Å². The van der Waals surface area contributed by atoms with Crippen molar-refractivity contribution < 1.29 is 4.79 Å². The van der Waals surface area contributed by atoms with Crippen molar-refractivity contribution in [3.8, 4) is 0 Å². The maximum atomic E-state index is 11.8. The fourth-order valence-electron chi connectivity index (χ4n) is 1.70. The Morgan fingerprint density at radius 3 is 2.73 bits per heavy atom. The summed E-state index contributed by atoms with van der Waals surface area (Å²) in [5.41, 5.74) is 1.91. The first-order valence-electron chi connectivity index (χ1n) is 5.01. The molecule has 1 aromatic heterocycles. The number of ketones is 1. The number of halogens is 1. The molecule has 0 spiro atoms. The van der Waals surface area contributed by atoms with E-state index >= 15 is 0 Å². The quantitative estimate of drug-likeness (QED) is 0.886. The Labute approximate surface area is 97.2 Å². The van der Waals surface area contributed by atoms with Crippen molar-refractivity contribution in [1.29, 1.82) is 0 Å². The number of carbonyl (C=O) groups excluding carboxylic acids is 1. The van der Waals surface area contributed by atoms with Gasteiger partial charge >= 0.3 is 0 Å². The normalized spacial score (nSPS) is 16.5. The zero-order valence-corrected chi connectivity index (χ0v) is 10.5. The molecule has 0 bridgehead atoms. The predicted octanol–water partition coefficient (Wildman–Crippen LogP) is 0.822. The lowest BCUT2D eigenvalue weighted by molar-refractivity contribution is -0.123. The van der Waals surface area contributed by atoms with Crippen LogP contribution in [0.25, 0.3) is 0 Å². The van der Waals surface area contributed by atoms with E-state index < -0.39 is 0 Å². The molecular weight excluding hydrogens is 258 g/mol. The zero-order valence-electron chi connectivity index (χ0n) is 8.88. The number of hydrogen-bond donors (Lipinski definition) is 1. The van der Waals surface area contributed by atoms with Gasteiger partial charge in [0.15, 0.2) is 0 Å². The van der Waals surface area contributed by atoms with E-state index in [1.165, 1.54) is 0 Å². The Balaban J connectivity index is 2.12. The van der Waals surface area contributed by atoms with Gasteiger partial charge in [0, 0.05) is 32.5 Å². The van der Waals surface area contributed by atoms with Crippen molar-refractivity contribution in [2.75, 3.05) is 13.1 Å². The summed E-state index contributed by atoms with van der Waals surface area (Å²) < 4.78 is 2.74. The van der Waals surface area contributed by atoms with Crippen molar-refractivity contribution >= 4 is 21.7 Å². The third-order valence-electron chi connectivity index (χ3n) is 2.84. The van der Waals surface area contributed by atoms with Crippen molar-refractivity contribution in [1.82, 2.24) is 15.1 Å². The molecule has 0 aromatic carbocycles. The summed E-state index contributed by atoms with van der Waals surface area (Å²) in [5, 5.41) is 7.38. The number of Topliss-reactive ketones (excluding diaryl/α,β-unsaturated/α-hetero) is 1. The summed E-state index contributed by atoms with van der Waals surface area (Å²) in [4.78, 5) is 11.8. The van der Waals surface area contributed by atoms with Crippen molar-refractivity contribution in [2.45, 2.75) is 13.3 Å². The molecule has 1 aliphatic heterocycles. The van der Waals surface area contributed by atoms with Crippen LogP contribution in [0.5, 0.6) is 0 Å². The summed E-state index contributed by atoms with van der Waals surface area (Å²) in [5.74, 6) is 0.504. The van der Waals surface area contributed by atoms with Gasteiger partial charge in [-0.05, 0) is 22.9 Å². The Hall–Kier alpha value is -0.680. The molecule has 1 aromatic rings. The summed E-state index contributed by atoms with van der Waals surface area (Å²) in [6.07, 6.45) is 0.476. The first-order valence-corrected chi connectivity index (χ1v) is 5.80. The topological polar surface area (TPSA) is 46.9 Å². The predicted molar refractivity (Wildman–Crippen MR) is 60.7 cm³/mol. The summed E-state index contributed by atoms with van der Waals surface area (Å²) >= 11 is 3.47. The minimum Gasteiger partial charge on any atom is -0.315 e. The number of nitrogens with one attached hydrogen (secondary N) is 1. The molecule has 0 saturated carbocycles. The Bertz CT molecular complexity index is 396. The highest BCUT2D eigenvalue weighted by Crippen LogP contribution is 2.22. The third kappa shape index (κ3) is 1.99. The summed E-state index contributed by atoms with van der Waals surface area (Å²) in [6, 6.07) is 0. The van der Waals surface area contributed by atoms with Crippen LogP contribution in [0.4, 0.5) is 0 Å². The van der Waals surface area contributed by atoms with Crippen LogP contribution in [0.15, 0.2) is 4.47 Å². The third-order valence-corrected chi connectivity index (χ3v) is 3.87. The van der Waals surface area contributed by atoms with Gasteiger partial charge in [-0.25, -0.2) is 0 Å². The molecule has 82 valence electrons. The lowest BCUT2D eigenvalue weighted by atomic mass is 9.95. The second-order valence-corrected chi connectivity index (χ2v) is 4.76. The molecule has 5 heteroatoms. The second kappa shape index (κ2) is 4.06. The summed E-state index contributed by atoms with van der Waals surface area (Å²) in [6.45, 7) is 3.59. The van der Waals surface area contributed by atoms with E-state index in [0.717, 1.165) is 29.0 Å². The van der Waals surface area contributed by atoms with Crippen LogP contribution >= 0.6 is 15.9 Å². The smallest absolute Gasteiger partial charge is 0.144 e. The second-order valence-electron chi connectivity index (χ2n) is 3.97. The fourth-order valence-corrected chi connectivity index (χ4v) is 2.17. The number of hydrogen-bond acceptors (Lipinski definition) is 3. The van der Waals surface area contributed by atoms with Crippen LogP contribution in [0.3, 0.4) is 0 Å². The Kier molecular flexibility index (Phi) is 2.93. The van der Waals surface area contributed by atoms with Gasteiger partial charge in [-0.1, -0.05) is 0 Å².